The number of hydrogen-bond acceptors (Lipinski definition) is 0. The molecule has 0 saturated carbocycles. The molecule has 0 radical (unpaired) electrons. The highest BCUT2D eigenvalue weighted by atomic mass is 14.4. The molecular formula is C13H18. The van der Waals surface area contributed by atoms with E-state index in [2.05, 4.69) is 44.2 Å². The number of rotatable bonds is 1. The highest BCUT2D eigenvalue weighted by Gasteiger charge is 2.35. The maximum Gasteiger partial charge on any atom is 0.0151 e. The predicted octanol–water partition coefficient (Wildman–Crippen LogP) is 3.87. The molecule has 0 aromatic heterocycles. The van der Waals surface area contributed by atoms with E-state index in [4.69, 9.17) is 0 Å². The first kappa shape index (κ1) is 8.80. The lowest BCUT2D eigenvalue weighted by Crippen LogP contribution is -2.29. The van der Waals surface area contributed by atoms with Gasteiger partial charge in [0.05, 0.1) is 0 Å². The van der Waals surface area contributed by atoms with Crippen molar-refractivity contribution in [2.75, 3.05) is 0 Å². The van der Waals surface area contributed by atoms with Crippen molar-refractivity contribution >= 4 is 0 Å². The summed E-state index contributed by atoms with van der Waals surface area (Å²) in [5.41, 5.74) is 2.01. The molecule has 0 amide bonds. The molecule has 2 rings (SSSR count). The van der Waals surface area contributed by atoms with E-state index in [0.29, 0.717) is 5.41 Å². The first-order valence-corrected chi connectivity index (χ1v) is 5.28. The Hall–Kier alpha value is -0.780. The van der Waals surface area contributed by atoms with Crippen molar-refractivity contribution in [2.24, 2.45) is 11.3 Å². The standard InChI is InChI=1S/C13H18/c1-11(2)13-9-5-3-7-12(13)8-4-6-10-13/h3,5-6,8,10-11H,4,7,9H2,1-2H3. The van der Waals surface area contributed by atoms with Gasteiger partial charge in [0, 0.05) is 5.41 Å². The van der Waals surface area contributed by atoms with Crippen molar-refractivity contribution in [1.29, 1.82) is 0 Å². The summed E-state index contributed by atoms with van der Waals surface area (Å²) in [6.07, 6.45) is 15.3. The molecule has 70 valence electrons. The highest BCUT2D eigenvalue weighted by molar-refractivity contribution is 5.33. The molecule has 0 N–H and O–H groups in total. The minimum atomic E-state index is 0.368. The molecule has 0 heteroatoms. The Morgan fingerprint density at radius 1 is 1.23 bits per heavy atom. The molecule has 1 unspecified atom stereocenters. The van der Waals surface area contributed by atoms with Crippen LogP contribution in [0, 0.1) is 11.3 Å². The van der Waals surface area contributed by atoms with Gasteiger partial charge in [-0.25, -0.2) is 0 Å². The second kappa shape index (κ2) is 3.17. The molecule has 0 heterocycles. The topological polar surface area (TPSA) is 0 Å². The maximum atomic E-state index is 2.44. The van der Waals surface area contributed by atoms with Crippen molar-refractivity contribution in [3.8, 4) is 0 Å². The van der Waals surface area contributed by atoms with E-state index in [-0.39, 0.29) is 0 Å². The molecule has 0 bridgehead atoms. The summed E-state index contributed by atoms with van der Waals surface area (Å²) in [6.45, 7) is 4.67. The fourth-order valence-corrected chi connectivity index (χ4v) is 2.55. The molecule has 1 atom stereocenters. The lowest BCUT2D eigenvalue weighted by molar-refractivity contribution is 0.311. The van der Waals surface area contributed by atoms with Crippen molar-refractivity contribution < 1.29 is 0 Å². The monoisotopic (exact) mass is 174 g/mol. The third-order valence-corrected chi connectivity index (χ3v) is 3.50. The summed E-state index contributed by atoms with van der Waals surface area (Å²) in [5.74, 6) is 0.722. The van der Waals surface area contributed by atoms with Gasteiger partial charge in [-0.3, -0.25) is 0 Å². The minimum absolute atomic E-state index is 0.368. The third kappa shape index (κ3) is 1.29. The summed E-state index contributed by atoms with van der Waals surface area (Å²) >= 11 is 0. The van der Waals surface area contributed by atoms with Crippen LogP contribution in [0.4, 0.5) is 0 Å². The first-order chi connectivity index (χ1) is 6.26. The molecule has 0 fully saturated rings. The Morgan fingerprint density at radius 3 is 2.77 bits per heavy atom. The van der Waals surface area contributed by atoms with E-state index in [1.807, 2.05) is 0 Å². The maximum absolute atomic E-state index is 2.44. The largest absolute Gasteiger partial charge is 0.0870 e. The van der Waals surface area contributed by atoms with Crippen molar-refractivity contribution in [2.45, 2.75) is 33.1 Å². The zero-order valence-electron chi connectivity index (χ0n) is 8.59. The summed E-state index contributed by atoms with van der Waals surface area (Å²) in [4.78, 5) is 0. The Bertz CT molecular complexity index is 278. The van der Waals surface area contributed by atoms with Gasteiger partial charge in [0.1, 0.15) is 0 Å². The van der Waals surface area contributed by atoms with Gasteiger partial charge in [0.15, 0.2) is 0 Å². The number of allylic oxidation sites excluding steroid dienone is 6. The molecular weight excluding hydrogens is 156 g/mol. The number of hydrogen-bond donors (Lipinski definition) is 0. The first-order valence-electron chi connectivity index (χ1n) is 5.28. The van der Waals surface area contributed by atoms with Gasteiger partial charge in [0.2, 0.25) is 0 Å². The van der Waals surface area contributed by atoms with Gasteiger partial charge in [-0.1, -0.05) is 49.8 Å². The molecule has 13 heavy (non-hydrogen) atoms. The zero-order valence-corrected chi connectivity index (χ0v) is 8.59. The van der Waals surface area contributed by atoms with Crippen LogP contribution in [-0.2, 0) is 0 Å². The molecule has 0 aromatic carbocycles. The van der Waals surface area contributed by atoms with Crippen LogP contribution in [0.5, 0.6) is 0 Å². The van der Waals surface area contributed by atoms with Crippen LogP contribution >= 0.6 is 0 Å². The van der Waals surface area contributed by atoms with Crippen molar-refractivity contribution in [3.05, 3.63) is 36.0 Å². The van der Waals surface area contributed by atoms with Gasteiger partial charge in [-0.05, 0) is 25.2 Å². The highest BCUT2D eigenvalue weighted by Crippen LogP contribution is 2.47. The quantitative estimate of drug-likeness (QED) is 0.529. The van der Waals surface area contributed by atoms with Gasteiger partial charge in [-0.15, -0.1) is 0 Å². The van der Waals surface area contributed by atoms with E-state index in [9.17, 15) is 0 Å². The van der Waals surface area contributed by atoms with E-state index >= 15 is 0 Å². The molecule has 2 aliphatic carbocycles. The Balaban J connectivity index is 2.40. The second-order valence-electron chi connectivity index (χ2n) is 4.44. The molecule has 0 nitrogen and oxygen atoms in total. The summed E-state index contributed by atoms with van der Waals surface area (Å²) < 4.78 is 0. The fraction of sp³-hybridized carbons (Fsp3) is 0.538. The van der Waals surface area contributed by atoms with Crippen LogP contribution < -0.4 is 0 Å². The lowest BCUT2D eigenvalue weighted by Gasteiger charge is -2.40. The van der Waals surface area contributed by atoms with Crippen LogP contribution in [-0.4, -0.2) is 0 Å². The van der Waals surface area contributed by atoms with Crippen molar-refractivity contribution in [1.82, 2.24) is 0 Å². The van der Waals surface area contributed by atoms with Crippen LogP contribution in [0.15, 0.2) is 36.0 Å². The SMILES string of the molecule is CC(C)C12C=CCC=C1CC=CC2. The van der Waals surface area contributed by atoms with E-state index < -0.39 is 0 Å². The van der Waals surface area contributed by atoms with Crippen LogP contribution in [0.2, 0.25) is 0 Å². The Morgan fingerprint density at radius 2 is 2.08 bits per heavy atom. The zero-order chi connectivity index (χ0) is 9.31. The second-order valence-corrected chi connectivity index (χ2v) is 4.44. The Labute approximate surface area is 81.0 Å². The molecule has 0 saturated heterocycles. The minimum Gasteiger partial charge on any atom is -0.0870 e. The van der Waals surface area contributed by atoms with Gasteiger partial charge in [-0.2, -0.15) is 0 Å². The smallest absolute Gasteiger partial charge is 0.0151 e. The molecule has 0 spiro atoms. The molecule has 0 aromatic rings. The summed E-state index contributed by atoms with van der Waals surface area (Å²) in [7, 11) is 0. The van der Waals surface area contributed by atoms with E-state index in [1.165, 1.54) is 12.8 Å². The summed E-state index contributed by atoms with van der Waals surface area (Å²) in [6, 6.07) is 0. The summed E-state index contributed by atoms with van der Waals surface area (Å²) in [5, 5.41) is 0. The Kier molecular flexibility index (Phi) is 2.15. The van der Waals surface area contributed by atoms with E-state index in [0.717, 1.165) is 12.3 Å². The van der Waals surface area contributed by atoms with Crippen LogP contribution in [0.25, 0.3) is 0 Å². The van der Waals surface area contributed by atoms with Gasteiger partial charge in [0.25, 0.3) is 0 Å². The third-order valence-electron chi connectivity index (χ3n) is 3.50. The molecule has 0 aliphatic heterocycles. The van der Waals surface area contributed by atoms with Gasteiger partial charge < -0.3 is 0 Å². The fourth-order valence-electron chi connectivity index (χ4n) is 2.55. The van der Waals surface area contributed by atoms with E-state index in [1.54, 1.807) is 5.57 Å². The average Bonchev–Trinajstić information content (AvgIpc) is 2.17. The predicted molar refractivity (Wildman–Crippen MR) is 57.5 cm³/mol. The lowest BCUT2D eigenvalue weighted by atomic mass is 9.64. The number of fused-ring (bicyclic) bond motifs is 1. The van der Waals surface area contributed by atoms with Gasteiger partial charge >= 0.3 is 0 Å². The van der Waals surface area contributed by atoms with Crippen molar-refractivity contribution in [3.63, 3.8) is 0 Å². The molecule has 2 aliphatic rings. The average molecular weight is 174 g/mol. The normalized spacial score (nSPS) is 31.8. The van der Waals surface area contributed by atoms with Crippen LogP contribution in [0.3, 0.4) is 0 Å². The van der Waals surface area contributed by atoms with Crippen LogP contribution in [0.1, 0.15) is 33.1 Å².